The predicted octanol–water partition coefficient (Wildman–Crippen LogP) is 3.14. The van der Waals surface area contributed by atoms with Gasteiger partial charge in [0.15, 0.2) is 6.29 Å². The van der Waals surface area contributed by atoms with Gasteiger partial charge in [0.25, 0.3) is 0 Å². The van der Waals surface area contributed by atoms with Crippen LogP contribution in [0.2, 0.25) is 0 Å². The van der Waals surface area contributed by atoms with Crippen LogP contribution in [-0.2, 0) is 4.79 Å². The molecule has 0 amide bonds. The lowest BCUT2D eigenvalue weighted by molar-refractivity contribution is -0.542. The van der Waals surface area contributed by atoms with Gasteiger partial charge in [-0.05, 0) is 25.7 Å². The molecule has 0 rings (SSSR count). The number of allylic oxidation sites excluding steroid dienone is 2. The van der Waals surface area contributed by atoms with Crippen LogP contribution in [0.3, 0.4) is 0 Å². The number of unbranched alkanes of at least 4 members (excludes halogenated alkanes) is 5. The van der Waals surface area contributed by atoms with E-state index in [9.17, 15) is 35.2 Å². The highest BCUT2D eigenvalue weighted by Crippen LogP contribution is 2.16. The third kappa shape index (κ3) is 12.8. The zero-order chi connectivity index (χ0) is 22.1. The van der Waals surface area contributed by atoms with Gasteiger partial charge in [0.1, 0.15) is 12.2 Å². The molecule has 0 saturated carbocycles. The fourth-order valence-corrected chi connectivity index (χ4v) is 2.84. The van der Waals surface area contributed by atoms with Gasteiger partial charge in [0.2, 0.25) is 12.1 Å². The first-order chi connectivity index (χ1) is 13.8. The van der Waals surface area contributed by atoms with E-state index in [1.165, 1.54) is 6.08 Å². The molecule has 1 radical (unpaired) electrons. The van der Waals surface area contributed by atoms with Crippen molar-refractivity contribution in [3.8, 4) is 0 Å². The summed E-state index contributed by atoms with van der Waals surface area (Å²) in [5, 5.41) is 42.8. The molecule has 0 saturated heterocycles. The minimum atomic E-state index is -1.51. The van der Waals surface area contributed by atoms with Gasteiger partial charge in [0.05, 0.1) is 0 Å². The van der Waals surface area contributed by atoms with Gasteiger partial charge in [-0.15, -0.1) is 0 Å². The Hall–Kier alpha value is -2.13. The number of aliphatic hydroxyl groups is 2. The summed E-state index contributed by atoms with van der Waals surface area (Å²) in [6.07, 6.45) is 10.3. The first kappa shape index (κ1) is 26.9. The molecule has 0 aliphatic rings. The van der Waals surface area contributed by atoms with Crippen molar-refractivity contribution in [2.24, 2.45) is 0 Å². The lowest BCUT2D eigenvalue weighted by Gasteiger charge is -2.20. The van der Waals surface area contributed by atoms with Crippen LogP contribution in [0.25, 0.3) is 0 Å². The molecule has 0 aliphatic heterocycles. The van der Waals surface area contributed by atoms with Gasteiger partial charge in [-0.25, -0.2) is 0 Å². The molecule has 0 aromatic carbocycles. The van der Waals surface area contributed by atoms with Crippen molar-refractivity contribution in [3.63, 3.8) is 0 Å². The van der Waals surface area contributed by atoms with Gasteiger partial charge in [-0.1, -0.05) is 44.1 Å². The molecule has 9 nitrogen and oxygen atoms in total. The molecule has 29 heavy (non-hydrogen) atoms. The smallest absolute Gasteiger partial charge is 0.242 e. The Morgan fingerprint density at radius 2 is 1.34 bits per heavy atom. The number of hydrogen-bond acceptors (Lipinski definition) is 7. The standard InChI is InChI=1S/C20H33N2O7/c1-2-3-4-5-7-10-13-17(21(26)27)19(24)16-20(25)18(22(28)29)14-11-8-6-9-12-15-23/h7-8,10-11,17-20,24-25H,2-6,9,12-14,16H2,1H3/b10-7-,11-8-. The minimum absolute atomic E-state index is 0.00377. The Labute approximate surface area is 171 Å². The highest BCUT2D eigenvalue weighted by Gasteiger charge is 2.36. The van der Waals surface area contributed by atoms with Crippen molar-refractivity contribution < 1.29 is 24.9 Å². The zero-order valence-electron chi connectivity index (χ0n) is 17.0. The molecule has 165 valence electrons. The number of carbonyl (C=O) groups excluding carboxylic acids is 1. The van der Waals surface area contributed by atoms with E-state index in [-0.39, 0.29) is 19.3 Å². The minimum Gasteiger partial charge on any atom is -0.386 e. The molecule has 0 aromatic rings. The Morgan fingerprint density at radius 3 is 1.76 bits per heavy atom. The van der Waals surface area contributed by atoms with Crippen LogP contribution in [0.4, 0.5) is 0 Å². The molecule has 0 aromatic heterocycles. The Balaban J connectivity index is 4.68. The van der Waals surface area contributed by atoms with Gasteiger partial charge in [0, 0.05) is 35.5 Å². The topological polar surface area (TPSA) is 144 Å². The van der Waals surface area contributed by atoms with Crippen LogP contribution in [0.5, 0.6) is 0 Å². The van der Waals surface area contributed by atoms with Crippen molar-refractivity contribution in [3.05, 3.63) is 44.5 Å². The number of rotatable bonds is 18. The first-order valence-corrected chi connectivity index (χ1v) is 10.1. The van der Waals surface area contributed by atoms with Gasteiger partial charge >= 0.3 is 0 Å². The van der Waals surface area contributed by atoms with Gasteiger partial charge in [-0.2, -0.15) is 0 Å². The van der Waals surface area contributed by atoms with Crippen molar-refractivity contribution in [1.82, 2.24) is 0 Å². The summed E-state index contributed by atoms with van der Waals surface area (Å²) in [6.45, 7) is 2.08. The maximum atomic E-state index is 11.2. The van der Waals surface area contributed by atoms with Crippen LogP contribution in [0, 0.1) is 20.2 Å². The maximum Gasteiger partial charge on any atom is 0.242 e. The second kappa shape index (κ2) is 16.8. The molecule has 0 heterocycles. The summed E-state index contributed by atoms with van der Waals surface area (Å²) < 4.78 is 0. The van der Waals surface area contributed by atoms with Crippen molar-refractivity contribution in [1.29, 1.82) is 0 Å². The van der Waals surface area contributed by atoms with Crippen LogP contribution in [-0.4, -0.2) is 50.6 Å². The van der Waals surface area contributed by atoms with Gasteiger partial charge < -0.3 is 10.2 Å². The molecule has 4 atom stereocenters. The van der Waals surface area contributed by atoms with Crippen LogP contribution in [0.1, 0.15) is 71.1 Å². The summed E-state index contributed by atoms with van der Waals surface area (Å²) in [7, 11) is 0. The molecule has 2 N–H and O–H groups in total. The molecular formula is C20H33N2O7. The average molecular weight is 413 g/mol. The van der Waals surface area contributed by atoms with E-state index >= 15 is 0 Å². The third-order valence-corrected chi connectivity index (χ3v) is 4.63. The highest BCUT2D eigenvalue weighted by molar-refractivity contribution is 5.50. The molecule has 9 heteroatoms. The second-order valence-corrected chi connectivity index (χ2v) is 7.02. The fourth-order valence-electron chi connectivity index (χ4n) is 2.84. The summed E-state index contributed by atoms with van der Waals surface area (Å²) in [5.74, 6) is 0. The average Bonchev–Trinajstić information content (AvgIpc) is 2.65. The normalized spacial score (nSPS) is 16.0. The monoisotopic (exact) mass is 413 g/mol. The Morgan fingerprint density at radius 1 is 0.862 bits per heavy atom. The van der Waals surface area contributed by atoms with Crippen LogP contribution < -0.4 is 0 Å². The number of nitrogens with zero attached hydrogens (tertiary/aromatic N) is 2. The maximum absolute atomic E-state index is 11.2. The Kier molecular flexibility index (Phi) is 15.6. The molecular weight excluding hydrogens is 380 g/mol. The second-order valence-electron chi connectivity index (χ2n) is 7.02. The van der Waals surface area contributed by atoms with Crippen LogP contribution >= 0.6 is 0 Å². The van der Waals surface area contributed by atoms with E-state index in [1.54, 1.807) is 18.4 Å². The zero-order valence-corrected chi connectivity index (χ0v) is 17.0. The van der Waals surface area contributed by atoms with Crippen LogP contribution in [0.15, 0.2) is 24.3 Å². The third-order valence-electron chi connectivity index (χ3n) is 4.63. The van der Waals surface area contributed by atoms with E-state index in [2.05, 4.69) is 6.92 Å². The predicted molar refractivity (Wildman–Crippen MR) is 109 cm³/mol. The number of aliphatic hydroxyl groups excluding tert-OH is 2. The first-order valence-electron chi connectivity index (χ1n) is 10.1. The SMILES string of the molecule is CCCCC/C=C\CC(C(O)CC(O)C(C/C=C\CCC[C]=O)[N+](=O)[O-])[N+](=O)[O-]. The lowest BCUT2D eigenvalue weighted by atomic mass is 9.96. The van der Waals surface area contributed by atoms with E-state index < -0.39 is 40.6 Å². The quantitative estimate of drug-likeness (QED) is 0.152. The largest absolute Gasteiger partial charge is 0.386 e. The fraction of sp³-hybridized carbons (Fsp3) is 0.750. The van der Waals surface area contributed by atoms with E-state index in [0.29, 0.717) is 12.8 Å². The van der Waals surface area contributed by atoms with E-state index in [0.717, 1.165) is 25.7 Å². The highest BCUT2D eigenvalue weighted by atomic mass is 16.6. The molecule has 4 unspecified atom stereocenters. The van der Waals surface area contributed by atoms with Crippen molar-refractivity contribution in [2.75, 3.05) is 0 Å². The molecule has 0 fully saturated rings. The Bertz CT molecular complexity index is 537. The molecule has 0 spiro atoms. The number of hydrogen-bond donors (Lipinski definition) is 2. The number of nitro groups is 2. The molecule has 0 bridgehead atoms. The summed E-state index contributed by atoms with van der Waals surface area (Å²) in [6, 6.07) is -2.69. The summed E-state index contributed by atoms with van der Waals surface area (Å²) in [4.78, 5) is 31.3. The van der Waals surface area contributed by atoms with Gasteiger partial charge in [-0.3, -0.25) is 25.0 Å². The van der Waals surface area contributed by atoms with Crippen molar-refractivity contribution in [2.45, 2.75) is 95.4 Å². The summed E-state index contributed by atoms with van der Waals surface area (Å²) in [5.41, 5.74) is 0. The van der Waals surface area contributed by atoms with E-state index in [1.807, 2.05) is 6.08 Å². The lowest BCUT2D eigenvalue weighted by Crippen LogP contribution is -2.41. The van der Waals surface area contributed by atoms with E-state index in [4.69, 9.17) is 0 Å². The van der Waals surface area contributed by atoms with Crippen molar-refractivity contribution >= 4 is 6.29 Å². The summed E-state index contributed by atoms with van der Waals surface area (Å²) >= 11 is 0. The molecule has 0 aliphatic carbocycles.